The van der Waals surface area contributed by atoms with Gasteiger partial charge in [-0.3, -0.25) is 9.89 Å². The van der Waals surface area contributed by atoms with Crippen LogP contribution in [-0.4, -0.2) is 43.1 Å². The number of likely N-dealkylation sites (tertiary alicyclic amines) is 1. The normalized spacial score (nSPS) is 23.2. The van der Waals surface area contributed by atoms with Crippen molar-refractivity contribution >= 4 is 5.96 Å². The SMILES string of the molecule is CCN1CCCC1CNC(N)=NCC1(c2cccc(C(F)(F)F)c2)CC1. The fourth-order valence-corrected chi connectivity index (χ4v) is 3.77. The summed E-state index contributed by atoms with van der Waals surface area (Å²) >= 11 is 0. The Morgan fingerprint density at radius 2 is 2.15 bits per heavy atom. The van der Waals surface area contributed by atoms with Crippen molar-refractivity contribution in [1.29, 1.82) is 0 Å². The van der Waals surface area contributed by atoms with E-state index < -0.39 is 11.7 Å². The number of guanidine groups is 1. The Morgan fingerprint density at radius 3 is 2.81 bits per heavy atom. The minimum atomic E-state index is -4.32. The molecule has 0 spiro atoms. The van der Waals surface area contributed by atoms with Crippen LogP contribution in [0.3, 0.4) is 0 Å². The molecule has 1 heterocycles. The number of alkyl halides is 3. The molecule has 3 rings (SSSR count). The summed E-state index contributed by atoms with van der Waals surface area (Å²) in [4.78, 5) is 6.84. The zero-order chi connectivity index (χ0) is 18.8. The van der Waals surface area contributed by atoms with Gasteiger partial charge in [-0.15, -0.1) is 0 Å². The van der Waals surface area contributed by atoms with Crippen molar-refractivity contribution in [2.75, 3.05) is 26.2 Å². The quantitative estimate of drug-likeness (QED) is 0.599. The van der Waals surface area contributed by atoms with Gasteiger partial charge in [-0.05, 0) is 50.4 Å². The van der Waals surface area contributed by atoms with Crippen molar-refractivity contribution in [2.45, 2.75) is 50.2 Å². The summed E-state index contributed by atoms with van der Waals surface area (Å²) in [6.07, 6.45) is -0.269. The lowest BCUT2D eigenvalue weighted by Gasteiger charge is -2.23. The van der Waals surface area contributed by atoms with Crippen LogP contribution in [0.2, 0.25) is 0 Å². The first-order valence-electron chi connectivity index (χ1n) is 9.30. The van der Waals surface area contributed by atoms with Gasteiger partial charge in [-0.2, -0.15) is 13.2 Å². The molecular weight excluding hydrogens is 341 g/mol. The molecule has 3 N–H and O–H groups in total. The molecule has 2 aliphatic rings. The minimum Gasteiger partial charge on any atom is -0.370 e. The lowest BCUT2D eigenvalue weighted by molar-refractivity contribution is -0.137. The lowest BCUT2D eigenvalue weighted by atomic mass is 9.94. The molecule has 0 aromatic heterocycles. The topological polar surface area (TPSA) is 53.6 Å². The highest BCUT2D eigenvalue weighted by Gasteiger charge is 2.45. The Balaban J connectivity index is 1.59. The summed E-state index contributed by atoms with van der Waals surface area (Å²) in [6, 6.07) is 6.08. The monoisotopic (exact) mass is 368 g/mol. The van der Waals surface area contributed by atoms with Gasteiger partial charge in [0.2, 0.25) is 0 Å². The van der Waals surface area contributed by atoms with E-state index in [9.17, 15) is 13.2 Å². The average Bonchev–Trinajstić information content (AvgIpc) is 3.28. The van der Waals surface area contributed by atoms with E-state index in [0.717, 1.165) is 45.0 Å². The first-order valence-corrected chi connectivity index (χ1v) is 9.30. The molecule has 2 fully saturated rings. The van der Waals surface area contributed by atoms with Gasteiger partial charge in [-0.25, -0.2) is 0 Å². The first kappa shape index (κ1) is 19.0. The predicted molar refractivity (Wildman–Crippen MR) is 97.1 cm³/mol. The molecule has 0 bridgehead atoms. The maximum absolute atomic E-state index is 12.9. The van der Waals surface area contributed by atoms with E-state index in [4.69, 9.17) is 5.73 Å². The van der Waals surface area contributed by atoms with Crippen LogP contribution < -0.4 is 11.1 Å². The highest BCUT2D eigenvalue weighted by Crippen LogP contribution is 2.49. The van der Waals surface area contributed by atoms with Gasteiger partial charge < -0.3 is 11.1 Å². The molecule has 0 radical (unpaired) electrons. The van der Waals surface area contributed by atoms with Crippen LogP contribution in [-0.2, 0) is 11.6 Å². The van der Waals surface area contributed by atoms with Gasteiger partial charge in [-0.1, -0.05) is 25.1 Å². The van der Waals surface area contributed by atoms with Crippen LogP contribution in [0.5, 0.6) is 0 Å². The first-order chi connectivity index (χ1) is 12.3. The van der Waals surface area contributed by atoms with Gasteiger partial charge >= 0.3 is 6.18 Å². The van der Waals surface area contributed by atoms with E-state index in [1.165, 1.54) is 18.6 Å². The molecule has 1 unspecified atom stereocenters. The molecule has 144 valence electrons. The van der Waals surface area contributed by atoms with Crippen LogP contribution in [0, 0.1) is 0 Å². The third-order valence-electron chi connectivity index (χ3n) is 5.63. The summed E-state index contributed by atoms with van der Waals surface area (Å²) in [5.74, 6) is 0.381. The van der Waals surface area contributed by atoms with Crippen molar-refractivity contribution in [3.8, 4) is 0 Å². The molecule has 1 saturated heterocycles. The molecule has 1 saturated carbocycles. The van der Waals surface area contributed by atoms with E-state index >= 15 is 0 Å². The second-order valence-corrected chi connectivity index (χ2v) is 7.37. The average molecular weight is 368 g/mol. The largest absolute Gasteiger partial charge is 0.416 e. The van der Waals surface area contributed by atoms with Gasteiger partial charge in [0.05, 0.1) is 12.1 Å². The number of aliphatic imine (C=N–C) groups is 1. The maximum Gasteiger partial charge on any atom is 0.416 e. The van der Waals surface area contributed by atoms with Crippen LogP contribution >= 0.6 is 0 Å². The number of halogens is 3. The number of rotatable bonds is 6. The molecule has 1 aliphatic heterocycles. The summed E-state index contributed by atoms with van der Waals surface area (Å²) in [6.45, 7) is 5.50. The molecular formula is C19H27F3N4. The summed E-state index contributed by atoms with van der Waals surface area (Å²) in [5, 5.41) is 3.18. The van der Waals surface area contributed by atoms with E-state index in [1.54, 1.807) is 6.07 Å². The number of hydrogen-bond acceptors (Lipinski definition) is 2. The Labute approximate surface area is 152 Å². The van der Waals surface area contributed by atoms with E-state index in [2.05, 4.69) is 22.1 Å². The van der Waals surface area contributed by atoms with Crippen molar-refractivity contribution in [3.63, 3.8) is 0 Å². The molecule has 26 heavy (non-hydrogen) atoms. The van der Waals surface area contributed by atoms with Crippen LogP contribution in [0.15, 0.2) is 29.3 Å². The number of benzene rings is 1. The summed E-state index contributed by atoms with van der Waals surface area (Å²) in [5.41, 5.74) is 5.80. The fraction of sp³-hybridized carbons (Fsp3) is 0.632. The van der Waals surface area contributed by atoms with Crippen molar-refractivity contribution in [1.82, 2.24) is 10.2 Å². The third-order valence-corrected chi connectivity index (χ3v) is 5.63. The maximum atomic E-state index is 12.9. The highest BCUT2D eigenvalue weighted by atomic mass is 19.4. The predicted octanol–water partition coefficient (Wildman–Crippen LogP) is 3.13. The van der Waals surface area contributed by atoms with Gasteiger partial charge in [0.25, 0.3) is 0 Å². The smallest absolute Gasteiger partial charge is 0.370 e. The standard InChI is InChI=1S/C19H27F3N4/c1-2-26-10-4-7-16(26)12-24-17(23)25-13-18(8-9-18)14-5-3-6-15(11-14)19(20,21)22/h3,5-6,11,16H,2,4,7-10,12-13H2,1H3,(H3,23,24,25). The van der Waals surface area contributed by atoms with E-state index in [1.807, 2.05) is 0 Å². The van der Waals surface area contributed by atoms with Gasteiger partial charge in [0, 0.05) is 18.0 Å². The van der Waals surface area contributed by atoms with Gasteiger partial charge in [0.1, 0.15) is 0 Å². The molecule has 1 aromatic carbocycles. The van der Waals surface area contributed by atoms with Crippen LogP contribution in [0.4, 0.5) is 13.2 Å². The molecule has 1 aromatic rings. The summed E-state index contributed by atoms with van der Waals surface area (Å²) < 4.78 is 38.8. The number of hydrogen-bond donors (Lipinski definition) is 2. The molecule has 0 amide bonds. The number of likely N-dealkylation sites (N-methyl/N-ethyl adjacent to an activating group) is 1. The van der Waals surface area contributed by atoms with Crippen molar-refractivity contribution in [2.24, 2.45) is 10.7 Å². The Kier molecular flexibility index (Phi) is 5.46. The summed E-state index contributed by atoms with van der Waals surface area (Å²) in [7, 11) is 0. The Hall–Kier alpha value is -1.76. The Bertz CT molecular complexity index is 652. The second-order valence-electron chi connectivity index (χ2n) is 7.37. The van der Waals surface area contributed by atoms with E-state index in [-0.39, 0.29) is 5.41 Å². The second kappa shape index (κ2) is 7.47. The highest BCUT2D eigenvalue weighted by molar-refractivity contribution is 5.78. The fourth-order valence-electron chi connectivity index (χ4n) is 3.77. The van der Waals surface area contributed by atoms with Crippen LogP contribution in [0.25, 0.3) is 0 Å². The minimum absolute atomic E-state index is 0.295. The van der Waals surface area contributed by atoms with Crippen molar-refractivity contribution < 1.29 is 13.2 Å². The molecule has 1 atom stereocenters. The van der Waals surface area contributed by atoms with Crippen molar-refractivity contribution in [3.05, 3.63) is 35.4 Å². The van der Waals surface area contributed by atoms with Crippen LogP contribution in [0.1, 0.15) is 43.7 Å². The molecule has 4 nitrogen and oxygen atoms in total. The van der Waals surface area contributed by atoms with Gasteiger partial charge in [0.15, 0.2) is 5.96 Å². The third kappa shape index (κ3) is 4.31. The molecule has 7 heteroatoms. The molecule has 1 aliphatic carbocycles. The number of nitrogens with zero attached hydrogens (tertiary/aromatic N) is 2. The zero-order valence-electron chi connectivity index (χ0n) is 15.1. The van der Waals surface area contributed by atoms with E-state index in [0.29, 0.717) is 24.1 Å². The lowest BCUT2D eigenvalue weighted by Crippen LogP contribution is -2.43. The number of nitrogens with two attached hydrogens (primary N) is 1. The number of nitrogens with one attached hydrogen (secondary N) is 1. The zero-order valence-corrected chi connectivity index (χ0v) is 15.1. The Morgan fingerprint density at radius 1 is 1.38 bits per heavy atom.